The van der Waals surface area contributed by atoms with Crippen molar-refractivity contribution in [2.75, 3.05) is 13.2 Å². The minimum Gasteiger partial charge on any atom is -0.790 e. The van der Waals surface area contributed by atoms with E-state index in [4.69, 9.17) is 9.47 Å². The fraction of sp³-hybridized carbons (Fsp3) is 0.600. The van der Waals surface area contributed by atoms with Gasteiger partial charge < -0.3 is 28.3 Å². The molecule has 0 aromatic heterocycles. The van der Waals surface area contributed by atoms with Gasteiger partial charge in [-0.3, -0.25) is 4.79 Å². The largest absolute Gasteiger partial charge is 1.00 e. The molecule has 0 unspecified atom stereocenters. The van der Waals surface area contributed by atoms with Crippen molar-refractivity contribution in [1.29, 1.82) is 0 Å². The molecule has 0 saturated carbocycles. The van der Waals surface area contributed by atoms with Crippen LogP contribution < -0.4 is 68.9 Å². The zero-order chi connectivity index (χ0) is 29.0. The molecule has 0 spiro atoms. The van der Waals surface area contributed by atoms with Crippen LogP contribution in [0.1, 0.15) is 110 Å². The van der Waals surface area contributed by atoms with E-state index in [0.29, 0.717) is 6.42 Å². The molecule has 1 atom stereocenters. The molecule has 0 aliphatic rings. The number of hydrogen-bond acceptors (Lipinski definition) is 8. The Hall–Kier alpha value is -0.800. The molecule has 0 aromatic carbocycles. The summed E-state index contributed by atoms with van der Waals surface area (Å²) in [6.45, 7) is 2.54. The number of unbranched alkanes of at least 4 members (excludes halogenated alkanes) is 11. The summed E-state index contributed by atoms with van der Waals surface area (Å²) in [6, 6.07) is 0. The van der Waals surface area contributed by atoms with Gasteiger partial charge in [-0.25, -0.2) is 4.79 Å². The maximum absolute atomic E-state index is 12.1. The quantitative estimate of drug-likeness (QED) is 0.0467. The molecule has 0 bridgehead atoms. The molecule has 0 N–H and O–H groups in total. The van der Waals surface area contributed by atoms with Crippen LogP contribution in [0.5, 0.6) is 0 Å². The summed E-state index contributed by atoms with van der Waals surface area (Å²) in [5, 5.41) is 0. The Balaban J connectivity index is -0.000000109. The molecule has 0 aliphatic heterocycles. The number of carbonyl (C=O) groups excluding carboxylic acids is 2. The van der Waals surface area contributed by atoms with E-state index in [1.54, 1.807) is 6.92 Å². The molecule has 12 heteroatoms. The van der Waals surface area contributed by atoms with E-state index in [9.17, 15) is 23.9 Å². The van der Waals surface area contributed by atoms with Gasteiger partial charge in [0.1, 0.15) is 6.61 Å². The van der Waals surface area contributed by atoms with Gasteiger partial charge in [0, 0.05) is 25.2 Å². The molecule has 42 heavy (non-hydrogen) atoms. The molecule has 0 amide bonds. The first kappa shape index (κ1) is 48.1. The van der Waals surface area contributed by atoms with Crippen LogP contribution in [-0.4, -0.2) is 31.3 Å². The summed E-state index contributed by atoms with van der Waals surface area (Å²) in [5.41, 5.74) is 0. The van der Waals surface area contributed by atoms with E-state index in [1.807, 2.05) is 0 Å². The van der Waals surface area contributed by atoms with E-state index in [0.717, 1.165) is 19.3 Å². The molecule has 0 saturated heterocycles. The molecule has 0 aliphatic carbocycles. The minimum absolute atomic E-state index is 0. The van der Waals surface area contributed by atoms with Crippen LogP contribution in [0.3, 0.4) is 0 Å². The van der Waals surface area contributed by atoms with Crippen LogP contribution in [0.25, 0.3) is 0 Å². The van der Waals surface area contributed by atoms with Crippen molar-refractivity contribution in [2.45, 2.75) is 103 Å². The Kier molecular flexibility index (Phi) is 39.7. The fourth-order valence-corrected chi connectivity index (χ4v) is 3.53. The van der Waals surface area contributed by atoms with Crippen molar-refractivity contribution in [3.8, 4) is 59.2 Å². The monoisotopic (exact) mass is 654 g/mol. The first-order chi connectivity index (χ1) is 18.8. The molecule has 0 aromatic rings. The third-order valence-electron chi connectivity index (χ3n) is 5.08. The predicted molar refractivity (Wildman–Crippen MR) is 174 cm³/mol. The summed E-state index contributed by atoms with van der Waals surface area (Å²) in [5.74, 6) is 22.2. The van der Waals surface area contributed by atoms with Crippen LogP contribution >= 0.6 is 21.3 Å². The number of rotatable bonds is 19. The Morgan fingerprint density at radius 1 is 0.738 bits per heavy atom. The third-order valence-corrected chi connectivity index (χ3v) is 5.54. The van der Waals surface area contributed by atoms with Crippen LogP contribution in [0.4, 0.5) is 0 Å². The Bertz CT molecular complexity index is 1130. The molecule has 238 valence electrons. The Morgan fingerprint density at radius 3 is 1.67 bits per heavy atom. The average Bonchev–Trinajstić information content (AvgIpc) is 2.89. The van der Waals surface area contributed by atoms with E-state index >= 15 is 0 Å². The third kappa shape index (κ3) is 37.2. The topological polar surface area (TPSA) is 125 Å². The summed E-state index contributed by atoms with van der Waals surface area (Å²) >= 11 is 0. The molecule has 0 fully saturated rings. The number of phosphoric acid groups is 1. The molecule has 0 radical (unpaired) electrons. The van der Waals surface area contributed by atoms with E-state index in [-0.39, 0.29) is 91.9 Å². The molecule has 0 rings (SSSR count). The van der Waals surface area contributed by atoms with Gasteiger partial charge in [0.15, 0.2) is 6.10 Å². The van der Waals surface area contributed by atoms with Gasteiger partial charge in [0.2, 0.25) is 0 Å². The molecular weight excluding hydrogens is 597 g/mol. The number of ether oxygens (including phenoxy) is 2. The second kappa shape index (κ2) is 34.7. The minimum atomic E-state index is -5.31. The first-order valence-corrected chi connectivity index (χ1v) is 14.7. The standard InChI is InChI=1S/C30H39O8P.2Na.H2S.9H2/c1-3-5-7-9-11-13-14-15-17-19-21-23-25-30(32)38-28(27-37-39(33,34)35)26-36-29(31)24-22-20-18-16-12-10-8-6-4-2;;;;;;;;;;;;/h28H,3,5,7,9,11,13-15,17,19,21,23,25-27H2,1-2H3,(H2,33,34,35);;;1H2;9*1H/q;2*+1;;;;;;;;;;/p-2/t28-;;;;;;;;;;;;/m0............/s1. The van der Waals surface area contributed by atoms with E-state index in [1.165, 1.54) is 51.4 Å². The summed E-state index contributed by atoms with van der Waals surface area (Å²) in [7, 11) is -5.31. The number of phosphoric ester groups is 1. The number of esters is 2. The van der Waals surface area contributed by atoms with Gasteiger partial charge in [-0.2, -0.15) is 13.5 Å². The Morgan fingerprint density at radius 2 is 1.19 bits per heavy atom. The molecular formula is C30H57Na2O8PS. The fourth-order valence-electron chi connectivity index (χ4n) is 3.18. The van der Waals surface area contributed by atoms with Crippen LogP contribution in [-0.2, 0) is 28.2 Å². The van der Waals surface area contributed by atoms with Gasteiger partial charge in [-0.1, -0.05) is 83.5 Å². The first-order valence-electron chi connectivity index (χ1n) is 13.2. The SMILES string of the molecule is CC#CC#CC#CC#CC#CC(=O)OC[C@@H](COP(=O)([O-])[O-])OC(=O)CCCCCCCCCCCCCC.S.[HH].[HH].[HH].[HH].[HH].[HH].[HH].[HH].[HH].[Na+].[Na+]. The van der Waals surface area contributed by atoms with Crippen molar-refractivity contribution < 1.29 is 110 Å². The summed E-state index contributed by atoms with van der Waals surface area (Å²) in [6.07, 6.45) is 12.6. The normalized spacial score (nSPS) is 9.62. The summed E-state index contributed by atoms with van der Waals surface area (Å²) < 4.78 is 25.0. The predicted octanol–water partition coefficient (Wildman–Crippen LogP) is -0.250. The van der Waals surface area contributed by atoms with Crippen molar-refractivity contribution in [2.24, 2.45) is 0 Å². The average molecular weight is 655 g/mol. The molecule has 0 heterocycles. The summed E-state index contributed by atoms with van der Waals surface area (Å²) in [4.78, 5) is 45.5. The van der Waals surface area contributed by atoms with Crippen molar-refractivity contribution in [3.05, 3.63) is 0 Å². The maximum atomic E-state index is 12.1. The number of hydrogen-bond donors (Lipinski definition) is 0. The van der Waals surface area contributed by atoms with E-state index in [2.05, 4.69) is 70.7 Å². The van der Waals surface area contributed by atoms with Crippen molar-refractivity contribution in [3.63, 3.8) is 0 Å². The second-order valence-electron chi connectivity index (χ2n) is 8.47. The zero-order valence-electron chi connectivity index (χ0n) is 25.4. The second-order valence-corrected chi connectivity index (χ2v) is 9.62. The van der Waals surface area contributed by atoms with Gasteiger partial charge >= 0.3 is 71.1 Å². The van der Waals surface area contributed by atoms with Gasteiger partial charge in [0.05, 0.1) is 14.4 Å². The zero-order valence-corrected chi connectivity index (χ0v) is 31.3. The van der Waals surface area contributed by atoms with E-state index < -0.39 is 39.1 Å². The van der Waals surface area contributed by atoms with Gasteiger partial charge in [0.25, 0.3) is 0 Å². The van der Waals surface area contributed by atoms with Gasteiger partial charge in [-0.05, 0) is 60.7 Å². The smallest absolute Gasteiger partial charge is 0.790 e. The number of carbonyl (C=O) groups is 2. The van der Waals surface area contributed by atoms with Gasteiger partial charge in [-0.15, -0.1) is 0 Å². The van der Waals surface area contributed by atoms with Crippen molar-refractivity contribution in [1.82, 2.24) is 0 Å². The maximum Gasteiger partial charge on any atom is 1.00 e. The van der Waals surface area contributed by atoms with Crippen LogP contribution in [0.2, 0.25) is 0 Å². The Labute approximate surface area is 317 Å². The van der Waals surface area contributed by atoms with Crippen LogP contribution in [0.15, 0.2) is 0 Å². The van der Waals surface area contributed by atoms with Crippen LogP contribution in [0, 0.1) is 59.2 Å². The van der Waals surface area contributed by atoms with Crippen molar-refractivity contribution >= 4 is 33.3 Å². The molecule has 8 nitrogen and oxygen atoms in total.